The van der Waals surface area contributed by atoms with Crippen LogP contribution in [0, 0.1) is 5.82 Å². The molecule has 0 saturated carbocycles. The number of hydroxylamine groups is 2. The average Bonchev–Trinajstić information content (AvgIpc) is 3.27. The van der Waals surface area contributed by atoms with Crippen LogP contribution in [0.15, 0.2) is 17.2 Å². The minimum absolute atomic E-state index is 0.0335. The van der Waals surface area contributed by atoms with E-state index in [0.717, 1.165) is 5.56 Å². The molecule has 1 aromatic carbocycles. The lowest BCUT2D eigenvalue weighted by atomic mass is 10.1. The second kappa shape index (κ2) is 10.3. The highest BCUT2D eigenvalue weighted by molar-refractivity contribution is 7.81. The van der Waals surface area contributed by atoms with Crippen LogP contribution in [0.5, 0.6) is 5.75 Å². The molecule has 0 bridgehead atoms. The number of halogens is 1. The van der Waals surface area contributed by atoms with E-state index in [1.807, 2.05) is 13.8 Å². The Labute approximate surface area is 196 Å². The number of amides is 3. The molecular weight excluding hydrogens is 453 g/mol. The monoisotopic (exact) mass is 479 g/mol. The normalized spacial score (nSPS) is 16.8. The fourth-order valence-electron chi connectivity index (χ4n) is 3.50. The molecule has 3 amide bonds. The second-order valence-electron chi connectivity index (χ2n) is 8.52. The quantitative estimate of drug-likeness (QED) is 0.243. The van der Waals surface area contributed by atoms with Crippen LogP contribution in [0.3, 0.4) is 0 Å². The van der Waals surface area contributed by atoms with Gasteiger partial charge >= 0.3 is 5.97 Å². The molecule has 1 N–H and O–H groups in total. The number of fused-ring (bicyclic) bond motifs is 1. The predicted molar refractivity (Wildman–Crippen MR) is 119 cm³/mol. The highest BCUT2D eigenvalue weighted by Crippen LogP contribution is 2.30. The summed E-state index contributed by atoms with van der Waals surface area (Å²) < 4.78 is 19.8. The number of nitrogens with zero attached hydrogens (tertiary/aromatic N) is 2. The molecule has 0 atom stereocenters. The van der Waals surface area contributed by atoms with E-state index in [4.69, 9.17) is 9.57 Å². The van der Waals surface area contributed by atoms with Crippen molar-refractivity contribution in [3.63, 3.8) is 0 Å². The zero-order valence-electron chi connectivity index (χ0n) is 18.5. The van der Waals surface area contributed by atoms with Crippen LogP contribution in [0.25, 0.3) is 0 Å². The Morgan fingerprint density at radius 1 is 1.18 bits per heavy atom. The molecule has 0 unspecified atom stereocenters. The molecule has 0 spiro atoms. The van der Waals surface area contributed by atoms with Crippen molar-refractivity contribution in [3.8, 4) is 5.75 Å². The molecule has 2 aliphatic rings. The molecule has 3 rings (SSSR count). The molecule has 1 heterocycles. The van der Waals surface area contributed by atoms with Crippen molar-refractivity contribution in [1.29, 1.82) is 0 Å². The van der Waals surface area contributed by atoms with Gasteiger partial charge in [-0.05, 0) is 30.9 Å². The van der Waals surface area contributed by atoms with Crippen LogP contribution < -0.4 is 10.2 Å². The number of benzene rings is 1. The molecule has 1 aromatic rings. The van der Waals surface area contributed by atoms with E-state index >= 15 is 0 Å². The molecule has 178 valence electrons. The third kappa shape index (κ3) is 6.77. The summed E-state index contributed by atoms with van der Waals surface area (Å²) in [6.07, 6.45) is 1.48. The van der Waals surface area contributed by atoms with Crippen molar-refractivity contribution in [2.45, 2.75) is 63.5 Å². The van der Waals surface area contributed by atoms with Crippen LogP contribution in [0.2, 0.25) is 0 Å². The Morgan fingerprint density at radius 2 is 1.88 bits per heavy atom. The van der Waals surface area contributed by atoms with Gasteiger partial charge in [-0.1, -0.05) is 13.8 Å². The highest BCUT2D eigenvalue weighted by Gasteiger charge is 2.32. The maximum absolute atomic E-state index is 14.7. The summed E-state index contributed by atoms with van der Waals surface area (Å²) in [5.74, 6) is -2.28. The molecular formula is C22H26FN3O6S. The van der Waals surface area contributed by atoms with Gasteiger partial charge in [0.1, 0.15) is 11.6 Å². The minimum atomic E-state index is -0.716. The number of carbonyl (C=O) groups is 4. The van der Waals surface area contributed by atoms with Gasteiger partial charge in [0.05, 0.1) is 18.7 Å². The maximum Gasteiger partial charge on any atom is 0.333 e. The van der Waals surface area contributed by atoms with Gasteiger partial charge in [-0.25, -0.2) is 14.6 Å². The van der Waals surface area contributed by atoms with E-state index in [1.165, 1.54) is 6.07 Å². The van der Waals surface area contributed by atoms with Crippen LogP contribution in [-0.4, -0.2) is 45.8 Å². The Bertz CT molecular complexity index is 989. The number of hydrogen-bond acceptors (Lipinski definition) is 8. The number of aryl methyl sites for hydroxylation is 1. The van der Waals surface area contributed by atoms with Gasteiger partial charge in [0.2, 0.25) is 5.91 Å². The predicted octanol–water partition coefficient (Wildman–Crippen LogP) is 2.46. The third-order valence-electron chi connectivity index (χ3n) is 4.97. The van der Waals surface area contributed by atoms with Crippen molar-refractivity contribution in [1.82, 2.24) is 10.5 Å². The molecule has 1 saturated heterocycles. The summed E-state index contributed by atoms with van der Waals surface area (Å²) in [5, 5.41) is 4.59. The Morgan fingerprint density at radius 3 is 2.55 bits per heavy atom. The maximum atomic E-state index is 14.7. The smallest absolute Gasteiger partial charge is 0.333 e. The molecule has 1 fully saturated rings. The Balaban J connectivity index is 1.50. The first-order valence-electron chi connectivity index (χ1n) is 10.6. The number of rotatable bonds is 9. The van der Waals surface area contributed by atoms with E-state index in [-0.39, 0.29) is 44.6 Å². The van der Waals surface area contributed by atoms with Gasteiger partial charge < -0.3 is 9.57 Å². The van der Waals surface area contributed by atoms with Gasteiger partial charge in [0.15, 0.2) is 0 Å². The van der Waals surface area contributed by atoms with Crippen molar-refractivity contribution in [2.24, 2.45) is 5.10 Å². The number of ether oxygens (including phenoxy) is 1. The van der Waals surface area contributed by atoms with E-state index in [9.17, 15) is 23.6 Å². The van der Waals surface area contributed by atoms with Crippen LogP contribution in [-0.2, 0) is 30.4 Å². The van der Waals surface area contributed by atoms with E-state index in [1.54, 1.807) is 6.07 Å². The number of nitrogens with one attached hydrogen (secondary N) is 1. The SMILES string of the molecule is CC(C)(S)CC(=O)N/N=C1\CCc2cc(OCCCC(=O)ON3C(=O)CCC3=O)cc(F)c21. The number of hydrogen-bond donors (Lipinski definition) is 2. The molecule has 0 aromatic heterocycles. The summed E-state index contributed by atoms with van der Waals surface area (Å²) in [6, 6.07) is 2.94. The van der Waals surface area contributed by atoms with Gasteiger partial charge in [0, 0.05) is 35.6 Å². The Hall–Kier alpha value is -2.95. The zero-order chi connectivity index (χ0) is 24.2. The van der Waals surface area contributed by atoms with E-state index in [2.05, 4.69) is 23.2 Å². The summed E-state index contributed by atoms with van der Waals surface area (Å²) >= 11 is 4.31. The molecule has 11 heteroatoms. The van der Waals surface area contributed by atoms with Crippen molar-refractivity contribution in [3.05, 3.63) is 29.1 Å². The van der Waals surface area contributed by atoms with Crippen LogP contribution >= 0.6 is 12.6 Å². The molecule has 1 aliphatic carbocycles. The highest BCUT2D eigenvalue weighted by atomic mass is 32.1. The van der Waals surface area contributed by atoms with Crippen molar-refractivity contribution < 1.29 is 33.1 Å². The first kappa shape index (κ1) is 24.7. The molecule has 0 radical (unpaired) electrons. The second-order valence-corrected chi connectivity index (χ2v) is 9.73. The van der Waals surface area contributed by atoms with Crippen LogP contribution in [0.4, 0.5) is 4.39 Å². The van der Waals surface area contributed by atoms with Gasteiger partial charge in [-0.3, -0.25) is 14.4 Å². The molecule has 33 heavy (non-hydrogen) atoms. The van der Waals surface area contributed by atoms with Crippen LogP contribution in [0.1, 0.15) is 63.5 Å². The number of carbonyl (C=O) groups excluding carboxylic acids is 4. The first-order valence-corrected chi connectivity index (χ1v) is 11.1. The zero-order valence-corrected chi connectivity index (χ0v) is 19.4. The molecule has 9 nitrogen and oxygen atoms in total. The Kier molecular flexibility index (Phi) is 7.72. The van der Waals surface area contributed by atoms with Crippen molar-refractivity contribution in [2.75, 3.05) is 6.61 Å². The van der Waals surface area contributed by atoms with E-state index in [0.29, 0.717) is 34.9 Å². The van der Waals surface area contributed by atoms with E-state index < -0.39 is 28.3 Å². The van der Waals surface area contributed by atoms with Crippen molar-refractivity contribution >= 4 is 42.0 Å². The largest absolute Gasteiger partial charge is 0.493 e. The first-order chi connectivity index (χ1) is 15.5. The summed E-state index contributed by atoms with van der Waals surface area (Å²) in [5.41, 5.74) is 4.00. The lowest BCUT2D eigenvalue weighted by Gasteiger charge is -2.15. The minimum Gasteiger partial charge on any atom is -0.493 e. The lowest BCUT2D eigenvalue weighted by molar-refractivity contribution is -0.197. The fourth-order valence-corrected chi connectivity index (χ4v) is 3.65. The van der Waals surface area contributed by atoms with Gasteiger partial charge in [0.25, 0.3) is 11.8 Å². The lowest BCUT2D eigenvalue weighted by Crippen LogP contribution is -2.32. The number of hydrazone groups is 1. The summed E-state index contributed by atoms with van der Waals surface area (Å²) in [4.78, 5) is 51.4. The third-order valence-corrected chi connectivity index (χ3v) is 5.12. The average molecular weight is 480 g/mol. The summed E-state index contributed by atoms with van der Waals surface area (Å²) in [7, 11) is 0. The topological polar surface area (TPSA) is 114 Å². The standard InChI is InChI=1S/C22H26FN3O6S/c1-22(2,33)12-17(27)25-24-16-6-5-13-10-14(11-15(23)21(13)16)31-9-3-4-20(30)32-26-18(28)7-8-19(26)29/h10-11,33H,3-9,12H2,1-2H3,(H,25,27)/b24-16+. The molecule has 1 aliphatic heterocycles. The fraction of sp³-hybridized carbons (Fsp3) is 0.500. The van der Waals surface area contributed by atoms with Gasteiger partial charge in [-0.15, -0.1) is 5.06 Å². The number of imide groups is 1. The summed E-state index contributed by atoms with van der Waals surface area (Å²) in [6.45, 7) is 3.74. The number of thiol groups is 1. The van der Waals surface area contributed by atoms with Gasteiger partial charge in [-0.2, -0.15) is 17.7 Å².